The minimum Gasteiger partial charge on any atom is -0.355 e. The molecule has 6 nitrogen and oxygen atoms in total. The lowest BCUT2D eigenvalue weighted by Crippen LogP contribution is -2.47. The molecule has 0 saturated carbocycles. The van der Waals surface area contributed by atoms with Crippen LogP contribution in [0.3, 0.4) is 0 Å². The summed E-state index contributed by atoms with van der Waals surface area (Å²) in [6, 6.07) is 10.7. The van der Waals surface area contributed by atoms with Gasteiger partial charge in [0.25, 0.3) is 5.91 Å². The molecule has 0 atom stereocenters. The van der Waals surface area contributed by atoms with Crippen LogP contribution in [0.15, 0.2) is 30.3 Å². The summed E-state index contributed by atoms with van der Waals surface area (Å²) in [7, 11) is 0. The van der Waals surface area contributed by atoms with Crippen molar-refractivity contribution in [1.29, 1.82) is 0 Å². The Bertz CT molecular complexity index is 939. The van der Waals surface area contributed by atoms with Gasteiger partial charge in [0.15, 0.2) is 0 Å². The number of carbonyl (C=O) groups is 2. The van der Waals surface area contributed by atoms with Gasteiger partial charge in [0, 0.05) is 42.8 Å². The van der Waals surface area contributed by atoms with Gasteiger partial charge >= 0.3 is 0 Å². The number of nitrogens with zero attached hydrogens (tertiary/aromatic N) is 2. The van der Waals surface area contributed by atoms with Gasteiger partial charge in [0.1, 0.15) is 0 Å². The Morgan fingerprint density at radius 3 is 2.50 bits per heavy atom. The minimum absolute atomic E-state index is 0.0106. The van der Waals surface area contributed by atoms with E-state index >= 15 is 0 Å². The predicted octanol–water partition coefficient (Wildman–Crippen LogP) is 3.94. The smallest absolute Gasteiger partial charge is 0.253 e. The normalized spacial score (nSPS) is 15.2. The van der Waals surface area contributed by atoms with Crippen LogP contribution in [0.4, 0.5) is 0 Å². The van der Waals surface area contributed by atoms with Crippen LogP contribution in [-0.4, -0.2) is 53.5 Å². The molecule has 1 aromatic carbocycles. The molecule has 1 aromatic heterocycles. The first-order valence-corrected chi connectivity index (χ1v) is 11.9. The standard InChI is InChI=1S/C26H38N4O2/c1-6-12-27-25(31)17-29-13-10-22(11-14-29)28-26(32)24-15-19(4)30(20(24)5)23-9-7-8-21(16-23)18(2)3/h7-9,15-16,18,22H,6,10-14,17H2,1-5H3,(H,27,31)(H,28,32). The summed E-state index contributed by atoms with van der Waals surface area (Å²) in [5.41, 5.74) is 5.14. The molecule has 0 radical (unpaired) electrons. The van der Waals surface area contributed by atoms with Gasteiger partial charge in [-0.15, -0.1) is 0 Å². The van der Waals surface area contributed by atoms with Gasteiger partial charge in [-0.25, -0.2) is 0 Å². The van der Waals surface area contributed by atoms with Crippen molar-refractivity contribution >= 4 is 11.8 Å². The average molecular weight is 439 g/mol. The molecule has 2 amide bonds. The molecule has 1 aliphatic rings. The quantitative estimate of drug-likeness (QED) is 0.656. The average Bonchev–Trinajstić information content (AvgIpc) is 3.07. The molecule has 174 valence electrons. The molecule has 1 saturated heterocycles. The van der Waals surface area contributed by atoms with Gasteiger partial charge in [-0.3, -0.25) is 14.5 Å². The molecular weight excluding hydrogens is 400 g/mol. The van der Waals surface area contributed by atoms with E-state index < -0.39 is 0 Å². The highest BCUT2D eigenvalue weighted by Crippen LogP contribution is 2.24. The fraction of sp³-hybridized carbons (Fsp3) is 0.538. The third kappa shape index (κ3) is 5.80. The van der Waals surface area contributed by atoms with Crippen LogP contribution in [-0.2, 0) is 4.79 Å². The van der Waals surface area contributed by atoms with E-state index in [1.54, 1.807) is 0 Å². The zero-order valence-corrected chi connectivity index (χ0v) is 20.2. The number of hydrogen-bond acceptors (Lipinski definition) is 3. The van der Waals surface area contributed by atoms with Crippen LogP contribution in [0.1, 0.15) is 73.3 Å². The van der Waals surface area contributed by atoms with E-state index in [-0.39, 0.29) is 17.9 Å². The first kappa shape index (κ1) is 24.1. The van der Waals surface area contributed by atoms with Crippen molar-refractivity contribution in [3.8, 4) is 5.69 Å². The van der Waals surface area contributed by atoms with Crippen LogP contribution >= 0.6 is 0 Å². The van der Waals surface area contributed by atoms with Gasteiger partial charge in [-0.1, -0.05) is 32.9 Å². The van der Waals surface area contributed by atoms with Gasteiger partial charge in [0.05, 0.1) is 12.1 Å². The molecule has 32 heavy (non-hydrogen) atoms. The summed E-state index contributed by atoms with van der Waals surface area (Å²) in [5, 5.41) is 6.15. The fourth-order valence-electron chi connectivity index (χ4n) is 4.43. The fourth-order valence-corrected chi connectivity index (χ4v) is 4.43. The Hall–Kier alpha value is -2.60. The number of nitrogens with one attached hydrogen (secondary N) is 2. The van der Waals surface area contributed by atoms with Crippen LogP contribution < -0.4 is 10.6 Å². The maximum absolute atomic E-state index is 13.1. The van der Waals surface area contributed by atoms with E-state index in [4.69, 9.17) is 0 Å². The van der Waals surface area contributed by atoms with E-state index in [0.29, 0.717) is 12.5 Å². The summed E-state index contributed by atoms with van der Waals surface area (Å²) < 4.78 is 2.16. The highest BCUT2D eigenvalue weighted by molar-refractivity contribution is 5.96. The summed E-state index contributed by atoms with van der Waals surface area (Å²) >= 11 is 0. The summed E-state index contributed by atoms with van der Waals surface area (Å²) in [6.07, 6.45) is 2.67. The van der Waals surface area contributed by atoms with Gasteiger partial charge in [-0.2, -0.15) is 0 Å². The van der Waals surface area contributed by atoms with Crippen LogP contribution in [0.2, 0.25) is 0 Å². The monoisotopic (exact) mass is 438 g/mol. The number of hydrogen-bond donors (Lipinski definition) is 2. The Morgan fingerprint density at radius 2 is 1.84 bits per heavy atom. The number of aromatic nitrogens is 1. The molecule has 0 bridgehead atoms. The molecule has 1 aliphatic heterocycles. The maximum atomic E-state index is 13.1. The van der Waals surface area contributed by atoms with Crippen molar-refractivity contribution in [2.75, 3.05) is 26.2 Å². The Labute approximate surface area is 192 Å². The molecule has 0 unspecified atom stereocenters. The van der Waals surface area contributed by atoms with Crippen molar-refractivity contribution < 1.29 is 9.59 Å². The van der Waals surface area contributed by atoms with Crippen LogP contribution in [0, 0.1) is 13.8 Å². The highest BCUT2D eigenvalue weighted by atomic mass is 16.2. The number of aryl methyl sites for hydroxylation is 1. The van der Waals surface area contributed by atoms with E-state index in [2.05, 4.69) is 65.1 Å². The third-order valence-electron chi connectivity index (χ3n) is 6.33. The van der Waals surface area contributed by atoms with E-state index in [1.165, 1.54) is 5.56 Å². The highest BCUT2D eigenvalue weighted by Gasteiger charge is 2.24. The molecule has 6 heteroatoms. The molecule has 2 N–H and O–H groups in total. The molecular formula is C26H38N4O2. The van der Waals surface area contributed by atoms with Crippen molar-refractivity contribution in [2.24, 2.45) is 0 Å². The zero-order valence-electron chi connectivity index (χ0n) is 20.2. The SMILES string of the molecule is CCCNC(=O)CN1CCC(NC(=O)c2cc(C)n(-c3cccc(C(C)C)c3)c2C)CC1. The number of amides is 2. The van der Waals surface area contributed by atoms with Crippen molar-refractivity contribution in [3.63, 3.8) is 0 Å². The lowest BCUT2D eigenvalue weighted by Gasteiger charge is -2.31. The molecule has 0 spiro atoms. The molecule has 1 fully saturated rings. The molecule has 0 aliphatic carbocycles. The largest absolute Gasteiger partial charge is 0.355 e. The number of rotatable bonds is 8. The summed E-state index contributed by atoms with van der Waals surface area (Å²) in [5.74, 6) is 0.532. The first-order chi connectivity index (χ1) is 15.3. The minimum atomic E-state index is -0.0106. The topological polar surface area (TPSA) is 66.4 Å². The van der Waals surface area contributed by atoms with Crippen molar-refractivity contribution in [3.05, 3.63) is 52.8 Å². The molecule has 2 aromatic rings. The van der Waals surface area contributed by atoms with Crippen molar-refractivity contribution in [1.82, 2.24) is 20.1 Å². The number of carbonyl (C=O) groups excluding carboxylic acids is 2. The van der Waals surface area contributed by atoms with Crippen LogP contribution in [0.5, 0.6) is 0 Å². The first-order valence-electron chi connectivity index (χ1n) is 11.9. The van der Waals surface area contributed by atoms with Gasteiger partial charge < -0.3 is 15.2 Å². The summed E-state index contributed by atoms with van der Waals surface area (Å²) in [4.78, 5) is 27.2. The van der Waals surface area contributed by atoms with E-state index in [9.17, 15) is 9.59 Å². The lowest BCUT2D eigenvalue weighted by molar-refractivity contribution is -0.122. The van der Waals surface area contributed by atoms with Gasteiger partial charge in [-0.05, 0) is 62.8 Å². The van der Waals surface area contributed by atoms with Gasteiger partial charge in [0.2, 0.25) is 5.91 Å². The molecule has 3 rings (SSSR count). The Kier molecular flexibility index (Phi) is 8.13. The van der Waals surface area contributed by atoms with E-state index in [0.717, 1.165) is 61.5 Å². The predicted molar refractivity (Wildman–Crippen MR) is 130 cm³/mol. The zero-order chi connectivity index (χ0) is 23.3. The summed E-state index contributed by atoms with van der Waals surface area (Å²) in [6.45, 7) is 13.3. The van der Waals surface area contributed by atoms with Crippen LogP contribution in [0.25, 0.3) is 5.69 Å². The maximum Gasteiger partial charge on any atom is 0.253 e. The second-order valence-corrected chi connectivity index (χ2v) is 9.24. The Morgan fingerprint density at radius 1 is 1.12 bits per heavy atom. The van der Waals surface area contributed by atoms with Crippen molar-refractivity contribution in [2.45, 2.75) is 65.8 Å². The number of likely N-dealkylation sites (tertiary alicyclic amines) is 1. The number of benzene rings is 1. The second-order valence-electron chi connectivity index (χ2n) is 9.24. The second kappa shape index (κ2) is 10.8. The lowest BCUT2D eigenvalue weighted by atomic mass is 10.0. The third-order valence-corrected chi connectivity index (χ3v) is 6.33. The van der Waals surface area contributed by atoms with E-state index in [1.807, 2.05) is 19.9 Å². The molecule has 2 heterocycles. The Balaban J connectivity index is 1.62. The number of piperidine rings is 1.